The van der Waals surface area contributed by atoms with Crippen molar-refractivity contribution >= 4 is 5.78 Å². The number of ketones is 1. The number of hydrogen-bond acceptors (Lipinski definition) is 3. The summed E-state index contributed by atoms with van der Waals surface area (Å²) < 4.78 is 5.30. The Bertz CT molecular complexity index is 313. The van der Waals surface area contributed by atoms with Crippen LogP contribution in [-0.4, -0.2) is 12.3 Å². The Morgan fingerprint density at radius 1 is 1.62 bits per heavy atom. The summed E-state index contributed by atoms with van der Waals surface area (Å²) in [4.78, 5) is 11.3. The Morgan fingerprint density at radius 2 is 2.23 bits per heavy atom. The average Bonchev–Trinajstić information content (AvgIpc) is 2.46. The quantitative estimate of drug-likeness (QED) is 0.724. The molecule has 0 saturated carbocycles. The number of carbonyl (C=O) groups is 1. The molecule has 0 aliphatic carbocycles. The van der Waals surface area contributed by atoms with Gasteiger partial charge in [0.05, 0.1) is 6.54 Å². The highest BCUT2D eigenvalue weighted by Gasteiger charge is 2.17. The Balaban J connectivity index is 3.11. The minimum atomic E-state index is -0.128. The van der Waals surface area contributed by atoms with Crippen LogP contribution < -0.4 is 5.73 Å². The lowest BCUT2D eigenvalue weighted by atomic mass is 10.0. The molecule has 3 nitrogen and oxygen atoms in total. The van der Waals surface area contributed by atoms with E-state index in [2.05, 4.69) is 0 Å². The van der Waals surface area contributed by atoms with Crippen LogP contribution in [0.15, 0.2) is 10.5 Å². The van der Waals surface area contributed by atoms with Crippen LogP contribution in [0.1, 0.15) is 41.6 Å². The maximum atomic E-state index is 11.3. The molecule has 1 aromatic heterocycles. The second-order valence-corrected chi connectivity index (χ2v) is 3.42. The average molecular weight is 181 g/mol. The summed E-state index contributed by atoms with van der Waals surface area (Å²) in [6.45, 7) is 5.89. The Hall–Kier alpha value is -1.09. The summed E-state index contributed by atoms with van der Waals surface area (Å²) in [6.07, 6.45) is 0. The van der Waals surface area contributed by atoms with Crippen molar-refractivity contribution in [3.63, 3.8) is 0 Å². The van der Waals surface area contributed by atoms with E-state index in [1.807, 2.05) is 26.8 Å². The molecule has 0 spiro atoms. The van der Waals surface area contributed by atoms with Gasteiger partial charge in [-0.15, -0.1) is 0 Å². The summed E-state index contributed by atoms with van der Waals surface area (Å²) in [5, 5.41) is 0. The zero-order valence-corrected chi connectivity index (χ0v) is 8.26. The van der Waals surface area contributed by atoms with E-state index in [0.29, 0.717) is 11.7 Å². The first-order chi connectivity index (χ1) is 6.06. The maximum absolute atomic E-state index is 11.3. The highest BCUT2D eigenvalue weighted by molar-refractivity contribution is 5.96. The van der Waals surface area contributed by atoms with E-state index < -0.39 is 0 Å². The van der Waals surface area contributed by atoms with Crippen LogP contribution in [0, 0.1) is 6.92 Å². The summed E-state index contributed by atoms with van der Waals surface area (Å²) in [5.41, 5.74) is 6.22. The summed E-state index contributed by atoms with van der Waals surface area (Å²) in [7, 11) is 0. The molecule has 0 aliphatic rings. The van der Waals surface area contributed by atoms with Crippen LogP contribution in [0.2, 0.25) is 0 Å². The van der Waals surface area contributed by atoms with Crippen molar-refractivity contribution in [2.75, 3.05) is 6.54 Å². The second kappa shape index (κ2) is 3.75. The molecule has 2 N–H and O–H groups in total. The predicted octanol–water partition coefficient (Wildman–Crippen LogP) is 1.85. The standard InChI is InChI=1S/C10H15NO2/c1-6(2)8-4-7(3)13-10(8)9(12)5-11/h4,6H,5,11H2,1-3H3. The van der Waals surface area contributed by atoms with Crippen molar-refractivity contribution < 1.29 is 9.21 Å². The van der Waals surface area contributed by atoms with E-state index in [0.717, 1.165) is 11.3 Å². The van der Waals surface area contributed by atoms with Crippen LogP contribution in [-0.2, 0) is 0 Å². The van der Waals surface area contributed by atoms with Gasteiger partial charge in [-0.1, -0.05) is 13.8 Å². The lowest BCUT2D eigenvalue weighted by molar-refractivity contribution is 0.0972. The molecule has 0 fully saturated rings. The van der Waals surface area contributed by atoms with E-state index in [1.165, 1.54) is 0 Å². The van der Waals surface area contributed by atoms with Gasteiger partial charge in [-0.05, 0) is 18.9 Å². The van der Waals surface area contributed by atoms with Crippen molar-refractivity contribution in [3.8, 4) is 0 Å². The zero-order valence-electron chi connectivity index (χ0n) is 8.26. The second-order valence-electron chi connectivity index (χ2n) is 3.42. The molecule has 0 bridgehead atoms. The molecular weight excluding hydrogens is 166 g/mol. The normalized spacial score (nSPS) is 10.8. The molecule has 0 radical (unpaired) electrons. The highest BCUT2D eigenvalue weighted by atomic mass is 16.3. The van der Waals surface area contributed by atoms with Gasteiger partial charge < -0.3 is 10.2 Å². The number of carbonyl (C=O) groups excluding carboxylic acids is 1. The van der Waals surface area contributed by atoms with Crippen molar-refractivity contribution in [2.24, 2.45) is 5.73 Å². The monoisotopic (exact) mass is 181 g/mol. The van der Waals surface area contributed by atoms with E-state index in [1.54, 1.807) is 0 Å². The smallest absolute Gasteiger partial charge is 0.211 e. The lowest BCUT2D eigenvalue weighted by Gasteiger charge is -2.02. The first-order valence-electron chi connectivity index (χ1n) is 4.39. The van der Waals surface area contributed by atoms with Crippen LogP contribution in [0.3, 0.4) is 0 Å². The third-order valence-corrected chi connectivity index (χ3v) is 1.94. The van der Waals surface area contributed by atoms with Gasteiger partial charge in [-0.25, -0.2) is 0 Å². The van der Waals surface area contributed by atoms with Gasteiger partial charge in [0.1, 0.15) is 5.76 Å². The molecule has 0 unspecified atom stereocenters. The zero-order chi connectivity index (χ0) is 10.0. The third-order valence-electron chi connectivity index (χ3n) is 1.94. The topological polar surface area (TPSA) is 56.2 Å². The summed E-state index contributed by atoms with van der Waals surface area (Å²) in [6, 6.07) is 1.90. The number of hydrogen-bond donors (Lipinski definition) is 1. The molecule has 0 saturated heterocycles. The van der Waals surface area contributed by atoms with E-state index in [4.69, 9.17) is 10.2 Å². The minimum Gasteiger partial charge on any atom is -0.458 e. The van der Waals surface area contributed by atoms with Crippen molar-refractivity contribution in [2.45, 2.75) is 26.7 Å². The largest absolute Gasteiger partial charge is 0.458 e. The fourth-order valence-corrected chi connectivity index (χ4v) is 1.27. The number of Topliss-reactive ketones (excluding diaryl/α,β-unsaturated/α-hetero) is 1. The van der Waals surface area contributed by atoms with Gasteiger partial charge >= 0.3 is 0 Å². The summed E-state index contributed by atoms with van der Waals surface area (Å²) >= 11 is 0. The molecule has 1 rings (SSSR count). The van der Waals surface area contributed by atoms with E-state index >= 15 is 0 Å². The molecule has 1 aromatic rings. The first-order valence-corrected chi connectivity index (χ1v) is 4.39. The van der Waals surface area contributed by atoms with Gasteiger partial charge in [0.15, 0.2) is 5.76 Å². The first kappa shape index (κ1) is 9.99. The van der Waals surface area contributed by atoms with Gasteiger partial charge in [0.25, 0.3) is 0 Å². The van der Waals surface area contributed by atoms with Gasteiger partial charge in [-0.3, -0.25) is 4.79 Å². The van der Waals surface area contributed by atoms with E-state index in [9.17, 15) is 4.79 Å². The van der Waals surface area contributed by atoms with Crippen LogP contribution in [0.25, 0.3) is 0 Å². The van der Waals surface area contributed by atoms with Crippen molar-refractivity contribution in [1.29, 1.82) is 0 Å². The molecule has 3 heteroatoms. The number of furan rings is 1. The Labute approximate surface area is 77.9 Å². The SMILES string of the molecule is Cc1cc(C(C)C)c(C(=O)CN)o1. The third kappa shape index (κ3) is 1.98. The molecule has 0 atom stereocenters. The molecule has 0 aliphatic heterocycles. The van der Waals surface area contributed by atoms with Crippen LogP contribution in [0.4, 0.5) is 0 Å². The van der Waals surface area contributed by atoms with E-state index in [-0.39, 0.29) is 12.3 Å². The number of rotatable bonds is 3. The molecular formula is C10H15NO2. The minimum absolute atomic E-state index is 0.00662. The number of aryl methyl sites for hydroxylation is 1. The summed E-state index contributed by atoms with van der Waals surface area (Å²) in [5.74, 6) is 1.36. The Morgan fingerprint density at radius 3 is 2.69 bits per heavy atom. The molecule has 1 heterocycles. The molecule has 0 amide bonds. The fourth-order valence-electron chi connectivity index (χ4n) is 1.27. The van der Waals surface area contributed by atoms with Crippen molar-refractivity contribution in [1.82, 2.24) is 0 Å². The lowest BCUT2D eigenvalue weighted by Crippen LogP contribution is -2.14. The highest BCUT2D eigenvalue weighted by Crippen LogP contribution is 2.23. The van der Waals surface area contributed by atoms with Gasteiger partial charge in [0.2, 0.25) is 5.78 Å². The Kier molecular flexibility index (Phi) is 2.88. The number of nitrogens with two attached hydrogens (primary N) is 1. The predicted molar refractivity (Wildman–Crippen MR) is 50.9 cm³/mol. The van der Waals surface area contributed by atoms with Crippen LogP contribution >= 0.6 is 0 Å². The molecule has 13 heavy (non-hydrogen) atoms. The molecule has 72 valence electrons. The van der Waals surface area contributed by atoms with Crippen molar-refractivity contribution in [3.05, 3.63) is 23.2 Å². The van der Waals surface area contributed by atoms with Gasteiger partial charge in [-0.2, -0.15) is 0 Å². The van der Waals surface area contributed by atoms with Crippen LogP contribution in [0.5, 0.6) is 0 Å². The maximum Gasteiger partial charge on any atom is 0.211 e. The molecule has 0 aromatic carbocycles. The van der Waals surface area contributed by atoms with Gasteiger partial charge in [0, 0.05) is 5.56 Å². The fraction of sp³-hybridized carbons (Fsp3) is 0.500.